The van der Waals surface area contributed by atoms with Gasteiger partial charge in [0.25, 0.3) is 0 Å². The molecule has 0 saturated carbocycles. The van der Waals surface area contributed by atoms with Crippen LogP contribution in [0.2, 0.25) is 5.02 Å². The van der Waals surface area contributed by atoms with E-state index in [0.717, 1.165) is 24.7 Å². The molecule has 0 atom stereocenters. The number of rotatable bonds is 7. The molecule has 3 heteroatoms. The molecule has 0 aliphatic carbocycles. The summed E-state index contributed by atoms with van der Waals surface area (Å²) in [5.74, 6) is 0.662. The Hall–Kier alpha value is -0.730. The average Bonchev–Trinajstić information content (AvgIpc) is 2.32. The first-order chi connectivity index (χ1) is 8.97. The minimum absolute atomic E-state index is 0.453. The molecule has 1 N–H and O–H groups in total. The highest BCUT2D eigenvalue weighted by Gasteiger charge is 2.16. The molecule has 19 heavy (non-hydrogen) atoms. The van der Waals surface area contributed by atoms with Crippen LogP contribution in [0.25, 0.3) is 0 Å². The summed E-state index contributed by atoms with van der Waals surface area (Å²) in [6.07, 6.45) is 0. The third-order valence-electron chi connectivity index (χ3n) is 3.19. The number of halogens is 1. The number of nitrogens with one attached hydrogen (secondary N) is 1. The molecule has 0 amide bonds. The molecule has 0 aliphatic heterocycles. The van der Waals surface area contributed by atoms with Crippen molar-refractivity contribution in [2.24, 2.45) is 5.92 Å². The van der Waals surface area contributed by atoms with Crippen molar-refractivity contribution in [2.75, 3.05) is 18.0 Å². The van der Waals surface area contributed by atoms with E-state index < -0.39 is 0 Å². The number of hydrogen-bond acceptors (Lipinski definition) is 2. The molecule has 1 rings (SSSR count). The Morgan fingerprint density at radius 2 is 1.89 bits per heavy atom. The van der Waals surface area contributed by atoms with Crippen LogP contribution in [0, 0.1) is 5.92 Å². The lowest BCUT2D eigenvalue weighted by molar-refractivity contribution is 0.551. The maximum Gasteiger partial charge on any atom is 0.0643 e. The predicted molar refractivity (Wildman–Crippen MR) is 86.2 cm³/mol. The van der Waals surface area contributed by atoms with Crippen molar-refractivity contribution < 1.29 is 0 Å². The van der Waals surface area contributed by atoms with Gasteiger partial charge in [-0.3, -0.25) is 0 Å². The van der Waals surface area contributed by atoms with Crippen molar-refractivity contribution in [3.63, 3.8) is 0 Å². The molecule has 0 heterocycles. The van der Waals surface area contributed by atoms with Crippen LogP contribution < -0.4 is 10.2 Å². The minimum Gasteiger partial charge on any atom is -0.368 e. The molecule has 1 aromatic carbocycles. The summed E-state index contributed by atoms with van der Waals surface area (Å²) in [6, 6.07) is 6.63. The van der Waals surface area contributed by atoms with Gasteiger partial charge in [0, 0.05) is 19.1 Å². The molecule has 108 valence electrons. The monoisotopic (exact) mass is 282 g/mol. The highest BCUT2D eigenvalue weighted by Crippen LogP contribution is 2.31. The van der Waals surface area contributed by atoms with E-state index in [0.29, 0.717) is 12.0 Å². The van der Waals surface area contributed by atoms with E-state index in [9.17, 15) is 0 Å². The highest BCUT2D eigenvalue weighted by atomic mass is 35.5. The lowest BCUT2D eigenvalue weighted by Gasteiger charge is -2.30. The first-order valence-electron chi connectivity index (χ1n) is 7.22. The fourth-order valence-corrected chi connectivity index (χ4v) is 2.60. The third kappa shape index (κ3) is 4.70. The topological polar surface area (TPSA) is 15.3 Å². The zero-order valence-corrected chi connectivity index (χ0v) is 13.6. The Kier molecular flexibility index (Phi) is 6.67. The van der Waals surface area contributed by atoms with Crippen molar-refractivity contribution in [2.45, 2.75) is 47.2 Å². The first kappa shape index (κ1) is 16.3. The number of para-hydroxylation sites is 1. The Bertz CT molecular complexity index is 388. The lowest BCUT2D eigenvalue weighted by atomic mass is 10.1. The quantitative estimate of drug-likeness (QED) is 0.801. The van der Waals surface area contributed by atoms with Crippen LogP contribution in [0.15, 0.2) is 18.2 Å². The molecular weight excluding hydrogens is 256 g/mol. The standard InChI is InChI=1S/C16H27ClN2/c1-6-19(13(4)5)16-14(8-7-9-15(16)17)11-18-10-12(2)3/h7-9,12-13,18H,6,10-11H2,1-5H3. The number of benzene rings is 1. The van der Waals surface area contributed by atoms with Crippen LogP contribution in [0.3, 0.4) is 0 Å². The first-order valence-corrected chi connectivity index (χ1v) is 7.59. The second kappa shape index (κ2) is 7.76. The van der Waals surface area contributed by atoms with Crippen molar-refractivity contribution in [3.8, 4) is 0 Å². The van der Waals surface area contributed by atoms with Crippen molar-refractivity contribution in [3.05, 3.63) is 28.8 Å². The summed E-state index contributed by atoms with van der Waals surface area (Å²) < 4.78 is 0. The van der Waals surface area contributed by atoms with E-state index in [2.05, 4.69) is 50.9 Å². The third-order valence-corrected chi connectivity index (χ3v) is 3.49. The van der Waals surface area contributed by atoms with Gasteiger partial charge in [-0.1, -0.05) is 37.6 Å². The Morgan fingerprint density at radius 1 is 1.21 bits per heavy atom. The van der Waals surface area contributed by atoms with Crippen LogP contribution in [0.1, 0.15) is 40.2 Å². The van der Waals surface area contributed by atoms with Crippen LogP contribution in [0.5, 0.6) is 0 Å². The van der Waals surface area contributed by atoms with Crippen LogP contribution >= 0.6 is 11.6 Å². The maximum atomic E-state index is 6.42. The lowest BCUT2D eigenvalue weighted by Crippen LogP contribution is -2.32. The van der Waals surface area contributed by atoms with Gasteiger partial charge >= 0.3 is 0 Å². The van der Waals surface area contributed by atoms with E-state index in [4.69, 9.17) is 11.6 Å². The van der Waals surface area contributed by atoms with Gasteiger partial charge in [-0.15, -0.1) is 0 Å². The maximum absolute atomic E-state index is 6.42. The zero-order valence-electron chi connectivity index (χ0n) is 12.8. The average molecular weight is 283 g/mol. The van der Waals surface area contributed by atoms with Crippen LogP contribution in [-0.2, 0) is 6.54 Å². The van der Waals surface area contributed by atoms with E-state index in [-0.39, 0.29) is 0 Å². The van der Waals surface area contributed by atoms with E-state index in [1.54, 1.807) is 0 Å². The SMILES string of the molecule is CCN(c1c(Cl)cccc1CNCC(C)C)C(C)C. The zero-order chi connectivity index (χ0) is 14.4. The summed E-state index contributed by atoms with van der Waals surface area (Å²) >= 11 is 6.42. The summed E-state index contributed by atoms with van der Waals surface area (Å²) in [7, 11) is 0. The molecule has 2 nitrogen and oxygen atoms in total. The molecule has 0 aromatic heterocycles. The molecule has 0 saturated heterocycles. The van der Waals surface area contributed by atoms with Gasteiger partial charge in [-0.05, 0) is 44.9 Å². The van der Waals surface area contributed by atoms with Gasteiger partial charge in [-0.2, -0.15) is 0 Å². The van der Waals surface area contributed by atoms with Gasteiger partial charge < -0.3 is 10.2 Å². The minimum atomic E-state index is 0.453. The Labute approximate surface area is 123 Å². The molecule has 0 spiro atoms. The number of anilines is 1. The van der Waals surface area contributed by atoms with Crippen LogP contribution in [0.4, 0.5) is 5.69 Å². The highest BCUT2D eigenvalue weighted by molar-refractivity contribution is 6.33. The molecule has 0 unspecified atom stereocenters. The molecular formula is C16H27ClN2. The summed E-state index contributed by atoms with van der Waals surface area (Å²) in [6.45, 7) is 13.9. The molecule has 0 aliphatic rings. The van der Waals surface area contributed by atoms with Gasteiger partial charge in [0.05, 0.1) is 10.7 Å². The fraction of sp³-hybridized carbons (Fsp3) is 0.625. The second-order valence-corrected chi connectivity index (χ2v) is 6.06. The number of nitrogens with zero attached hydrogens (tertiary/aromatic N) is 1. The second-order valence-electron chi connectivity index (χ2n) is 5.65. The smallest absolute Gasteiger partial charge is 0.0643 e. The molecule has 0 fully saturated rings. The predicted octanol–water partition coefficient (Wildman–Crippen LogP) is 4.32. The van der Waals surface area contributed by atoms with Crippen LogP contribution in [-0.4, -0.2) is 19.1 Å². The normalized spacial score (nSPS) is 11.4. The summed E-state index contributed by atoms with van der Waals surface area (Å²) in [4.78, 5) is 2.36. The Morgan fingerprint density at radius 3 is 2.42 bits per heavy atom. The summed E-state index contributed by atoms with van der Waals surface area (Å²) in [5, 5.41) is 4.35. The molecule has 0 radical (unpaired) electrons. The Balaban J connectivity index is 2.94. The summed E-state index contributed by atoms with van der Waals surface area (Å²) in [5.41, 5.74) is 2.46. The largest absolute Gasteiger partial charge is 0.368 e. The van der Waals surface area contributed by atoms with Crippen molar-refractivity contribution in [1.82, 2.24) is 5.32 Å². The van der Waals surface area contributed by atoms with Gasteiger partial charge in [-0.25, -0.2) is 0 Å². The van der Waals surface area contributed by atoms with Crippen molar-refractivity contribution >= 4 is 17.3 Å². The van der Waals surface area contributed by atoms with E-state index in [1.807, 2.05) is 12.1 Å². The van der Waals surface area contributed by atoms with Crippen molar-refractivity contribution in [1.29, 1.82) is 0 Å². The fourth-order valence-electron chi connectivity index (χ4n) is 2.30. The number of hydrogen-bond donors (Lipinski definition) is 1. The van der Waals surface area contributed by atoms with Gasteiger partial charge in [0.15, 0.2) is 0 Å². The van der Waals surface area contributed by atoms with E-state index >= 15 is 0 Å². The van der Waals surface area contributed by atoms with Gasteiger partial charge in [0.2, 0.25) is 0 Å². The molecule has 1 aromatic rings. The molecule has 0 bridgehead atoms. The van der Waals surface area contributed by atoms with E-state index in [1.165, 1.54) is 11.3 Å². The van der Waals surface area contributed by atoms with Gasteiger partial charge in [0.1, 0.15) is 0 Å².